The Labute approximate surface area is 84.1 Å². The van der Waals surface area contributed by atoms with Crippen molar-refractivity contribution in [3.05, 3.63) is 35.1 Å². The number of nitrogens with two attached hydrogens (primary N) is 1. The van der Waals surface area contributed by atoms with Gasteiger partial charge in [0.25, 0.3) is 0 Å². The van der Waals surface area contributed by atoms with Crippen molar-refractivity contribution in [1.82, 2.24) is 0 Å². The van der Waals surface area contributed by atoms with Crippen LogP contribution in [0.5, 0.6) is 0 Å². The van der Waals surface area contributed by atoms with Gasteiger partial charge in [-0.05, 0) is 25.3 Å². The fourth-order valence-electron chi connectivity index (χ4n) is 1.79. The summed E-state index contributed by atoms with van der Waals surface area (Å²) in [6.07, 6.45) is 3.46. The summed E-state index contributed by atoms with van der Waals surface area (Å²) in [5.41, 5.74) is 7.72. The maximum Gasteiger partial charge on any atom is 0.127 e. The van der Waals surface area contributed by atoms with Gasteiger partial charge >= 0.3 is 0 Å². The van der Waals surface area contributed by atoms with Crippen molar-refractivity contribution >= 4 is 0 Å². The van der Waals surface area contributed by atoms with Gasteiger partial charge in [0, 0.05) is 11.6 Å². The maximum absolute atomic E-state index is 13.4. The molecular weight excluding hydrogens is 177 g/mol. The van der Waals surface area contributed by atoms with Crippen molar-refractivity contribution in [1.29, 1.82) is 0 Å². The molecule has 1 aliphatic carbocycles. The minimum absolute atomic E-state index is 0.123. The van der Waals surface area contributed by atoms with Crippen molar-refractivity contribution in [2.24, 2.45) is 11.7 Å². The van der Waals surface area contributed by atoms with Gasteiger partial charge in [0.2, 0.25) is 0 Å². The molecule has 0 aromatic heterocycles. The summed E-state index contributed by atoms with van der Waals surface area (Å²) >= 11 is 0. The summed E-state index contributed by atoms with van der Waals surface area (Å²) in [6, 6.07) is 5.03. The van der Waals surface area contributed by atoms with Gasteiger partial charge < -0.3 is 5.73 Å². The highest BCUT2D eigenvalue weighted by Gasteiger charge is 2.25. The van der Waals surface area contributed by atoms with E-state index in [9.17, 15) is 4.39 Å². The van der Waals surface area contributed by atoms with Gasteiger partial charge in [-0.1, -0.05) is 30.5 Å². The van der Waals surface area contributed by atoms with Crippen molar-refractivity contribution < 1.29 is 4.39 Å². The lowest BCUT2D eigenvalue weighted by Gasteiger charge is -2.12. The normalized spacial score (nSPS) is 18.2. The van der Waals surface area contributed by atoms with E-state index in [1.165, 1.54) is 18.9 Å². The third-order valence-electron chi connectivity index (χ3n) is 2.84. The SMILES string of the molecule is Cc1ccc(F)c([C@H](N)CC2CC2)c1. The van der Waals surface area contributed by atoms with Crippen molar-refractivity contribution in [2.45, 2.75) is 32.2 Å². The Morgan fingerprint density at radius 1 is 1.50 bits per heavy atom. The molecule has 2 heteroatoms. The molecule has 1 atom stereocenters. The van der Waals surface area contributed by atoms with Crippen LogP contribution in [0.15, 0.2) is 18.2 Å². The molecule has 1 aromatic rings. The minimum atomic E-state index is -0.163. The van der Waals surface area contributed by atoms with Crippen LogP contribution in [0.25, 0.3) is 0 Å². The van der Waals surface area contributed by atoms with Gasteiger partial charge in [0.1, 0.15) is 5.82 Å². The molecule has 0 amide bonds. The highest BCUT2D eigenvalue weighted by molar-refractivity contribution is 5.26. The van der Waals surface area contributed by atoms with Crippen LogP contribution in [-0.4, -0.2) is 0 Å². The lowest BCUT2D eigenvalue weighted by Crippen LogP contribution is -2.13. The van der Waals surface area contributed by atoms with Crippen LogP contribution in [0.2, 0.25) is 0 Å². The molecule has 0 unspecified atom stereocenters. The van der Waals surface area contributed by atoms with Crippen LogP contribution in [0.1, 0.15) is 36.4 Å². The average molecular weight is 193 g/mol. The molecule has 1 aliphatic rings. The summed E-state index contributed by atoms with van der Waals surface area (Å²) < 4.78 is 13.4. The predicted octanol–water partition coefficient (Wildman–Crippen LogP) is 2.93. The zero-order valence-electron chi connectivity index (χ0n) is 8.46. The third-order valence-corrected chi connectivity index (χ3v) is 2.84. The predicted molar refractivity (Wildman–Crippen MR) is 55.4 cm³/mol. The van der Waals surface area contributed by atoms with Gasteiger partial charge in [-0.2, -0.15) is 0 Å². The van der Waals surface area contributed by atoms with E-state index >= 15 is 0 Å². The molecule has 76 valence electrons. The van der Waals surface area contributed by atoms with E-state index in [1.807, 2.05) is 13.0 Å². The van der Waals surface area contributed by atoms with E-state index in [1.54, 1.807) is 6.07 Å². The zero-order chi connectivity index (χ0) is 10.1. The average Bonchev–Trinajstić information content (AvgIpc) is 2.93. The van der Waals surface area contributed by atoms with Gasteiger partial charge in [0.05, 0.1) is 0 Å². The Bertz CT molecular complexity index is 331. The summed E-state index contributed by atoms with van der Waals surface area (Å²) in [5.74, 6) is 0.577. The Balaban J connectivity index is 2.15. The van der Waals surface area contributed by atoms with Crippen LogP contribution in [0, 0.1) is 18.7 Å². The quantitative estimate of drug-likeness (QED) is 0.784. The monoisotopic (exact) mass is 193 g/mol. The Morgan fingerprint density at radius 3 is 2.86 bits per heavy atom. The van der Waals surface area contributed by atoms with Crippen molar-refractivity contribution in [2.75, 3.05) is 0 Å². The topological polar surface area (TPSA) is 26.0 Å². The first-order valence-electron chi connectivity index (χ1n) is 5.18. The first-order chi connectivity index (χ1) is 6.66. The molecule has 1 fully saturated rings. The first kappa shape index (κ1) is 9.66. The van der Waals surface area contributed by atoms with Gasteiger partial charge in [-0.25, -0.2) is 4.39 Å². The van der Waals surface area contributed by atoms with Crippen LogP contribution in [-0.2, 0) is 0 Å². The Kier molecular flexibility index (Phi) is 2.55. The molecule has 2 rings (SSSR count). The highest BCUT2D eigenvalue weighted by Crippen LogP contribution is 2.37. The second-order valence-electron chi connectivity index (χ2n) is 4.31. The number of rotatable bonds is 3. The molecule has 2 N–H and O–H groups in total. The van der Waals surface area contributed by atoms with Crippen LogP contribution in [0.3, 0.4) is 0 Å². The second-order valence-corrected chi connectivity index (χ2v) is 4.31. The third kappa shape index (κ3) is 2.13. The van der Waals surface area contributed by atoms with E-state index in [0.717, 1.165) is 17.9 Å². The lowest BCUT2D eigenvalue weighted by molar-refractivity contribution is 0.542. The van der Waals surface area contributed by atoms with Crippen molar-refractivity contribution in [3.8, 4) is 0 Å². The molecule has 14 heavy (non-hydrogen) atoms. The van der Waals surface area contributed by atoms with Crippen LogP contribution in [0.4, 0.5) is 4.39 Å². The molecule has 0 heterocycles. The van der Waals surface area contributed by atoms with E-state index in [0.29, 0.717) is 5.56 Å². The number of halogens is 1. The first-order valence-corrected chi connectivity index (χ1v) is 5.18. The van der Waals surface area contributed by atoms with Crippen LogP contribution < -0.4 is 5.73 Å². The van der Waals surface area contributed by atoms with Crippen LogP contribution >= 0.6 is 0 Å². The summed E-state index contributed by atoms with van der Waals surface area (Å²) in [7, 11) is 0. The minimum Gasteiger partial charge on any atom is -0.324 e. The van der Waals surface area contributed by atoms with E-state index in [4.69, 9.17) is 5.73 Å². The Morgan fingerprint density at radius 2 is 2.21 bits per heavy atom. The number of hydrogen-bond donors (Lipinski definition) is 1. The largest absolute Gasteiger partial charge is 0.324 e. The fraction of sp³-hybridized carbons (Fsp3) is 0.500. The van der Waals surface area contributed by atoms with E-state index in [2.05, 4.69) is 0 Å². The smallest absolute Gasteiger partial charge is 0.127 e. The summed E-state index contributed by atoms with van der Waals surface area (Å²) in [6.45, 7) is 1.97. The molecule has 1 aromatic carbocycles. The summed E-state index contributed by atoms with van der Waals surface area (Å²) in [5, 5.41) is 0. The number of hydrogen-bond acceptors (Lipinski definition) is 1. The van der Waals surface area contributed by atoms with Gasteiger partial charge in [0.15, 0.2) is 0 Å². The zero-order valence-corrected chi connectivity index (χ0v) is 8.46. The highest BCUT2D eigenvalue weighted by atomic mass is 19.1. The fourth-order valence-corrected chi connectivity index (χ4v) is 1.79. The van der Waals surface area contributed by atoms with Gasteiger partial charge in [-0.3, -0.25) is 0 Å². The molecule has 1 nitrogen and oxygen atoms in total. The van der Waals surface area contributed by atoms with Gasteiger partial charge in [-0.15, -0.1) is 0 Å². The molecule has 0 aliphatic heterocycles. The molecular formula is C12H16FN. The molecule has 1 saturated carbocycles. The van der Waals surface area contributed by atoms with E-state index in [-0.39, 0.29) is 11.9 Å². The van der Waals surface area contributed by atoms with E-state index < -0.39 is 0 Å². The number of benzene rings is 1. The molecule has 0 radical (unpaired) electrons. The lowest BCUT2D eigenvalue weighted by atomic mass is 10.00. The molecule has 0 bridgehead atoms. The Hall–Kier alpha value is -0.890. The molecule has 0 saturated heterocycles. The maximum atomic E-state index is 13.4. The standard InChI is InChI=1S/C12H16FN/c1-8-2-5-11(13)10(6-8)12(14)7-9-3-4-9/h2,5-6,9,12H,3-4,7,14H2,1H3/t12-/m1/s1. The molecule has 0 spiro atoms. The number of aryl methyl sites for hydroxylation is 1. The second kappa shape index (κ2) is 3.70. The summed E-state index contributed by atoms with van der Waals surface area (Å²) in [4.78, 5) is 0. The van der Waals surface area contributed by atoms with Crippen molar-refractivity contribution in [3.63, 3.8) is 0 Å².